The quantitative estimate of drug-likeness (QED) is 0.853. The van der Waals surface area contributed by atoms with Gasteiger partial charge in [-0.05, 0) is 36.3 Å². The third-order valence-electron chi connectivity index (χ3n) is 5.82. The number of benzene rings is 1. The monoisotopic (exact) mass is 400 g/mol. The zero-order valence-corrected chi connectivity index (χ0v) is 17.0. The standard InChI is InChI=1S/C21H25ClN4O2/c1-21(2)10-13(11-21)8-17(27)25-6-7-26-16(12-25)18(20(23)28)19(24-26)14-4-3-5-15(22)9-14/h3-5,9,13H,6-8,10-12H2,1-2H3,(H2,23,28). The number of aromatic nitrogens is 2. The molecule has 1 aromatic carbocycles. The molecule has 0 unspecified atom stereocenters. The fraction of sp³-hybridized carbons (Fsp3) is 0.476. The third kappa shape index (κ3) is 3.53. The summed E-state index contributed by atoms with van der Waals surface area (Å²) in [6.07, 6.45) is 2.76. The van der Waals surface area contributed by atoms with Gasteiger partial charge in [-0.15, -0.1) is 0 Å². The Hall–Kier alpha value is -2.34. The van der Waals surface area contributed by atoms with Crippen LogP contribution in [0.2, 0.25) is 5.02 Å². The third-order valence-corrected chi connectivity index (χ3v) is 6.06. The Bertz CT molecular complexity index is 942. The molecule has 1 aromatic heterocycles. The van der Waals surface area contributed by atoms with Crippen molar-refractivity contribution in [2.24, 2.45) is 17.1 Å². The summed E-state index contributed by atoms with van der Waals surface area (Å²) in [5.41, 5.74) is 8.41. The SMILES string of the molecule is CC1(C)CC(CC(=O)N2CCn3nc(-c4cccc(Cl)c4)c(C(N)=O)c3C2)C1. The number of rotatable bonds is 4. The molecule has 148 valence electrons. The lowest BCUT2D eigenvalue weighted by molar-refractivity contribution is -0.135. The molecule has 6 nitrogen and oxygen atoms in total. The van der Waals surface area contributed by atoms with Crippen molar-refractivity contribution >= 4 is 23.4 Å². The van der Waals surface area contributed by atoms with Crippen molar-refractivity contribution < 1.29 is 9.59 Å². The van der Waals surface area contributed by atoms with Gasteiger partial charge in [0.1, 0.15) is 5.69 Å². The number of nitrogens with zero attached hydrogens (tertiary/aromatic N) is 3. The first-order valence-electron chi connectivity index (χ1n) is 9.67. The lowest BCUT2D eigenvalue weighted by Crippen LogP contribution is -2.42. The van der Waals surface area contributed by atoms with Crippen LogP contribution in [0.1, 0.15) is 49.2 Å². The minimum atomic E-state index is -0.536. The molecule has 2 aliphatic rings. The molecule has 1 fully saturated rings. The van der Waals surface area contributed by atoms with Crippen LogP contribution in [-0.4, -0.2) is 33.0 Å². The second-order valence-electron chi connectivity index (χ2n) is 8.73. The first kappa shape index (κ1) is 19.0. The molecular weight excluding hydrogens is 376 g/mol. The van der Waals surface area contributed by atoms with Crippen molar-refractivity contribution in [1.82, 2.24) is 14.7 Å². The van der Waals surface area contributed by atoms with Crippen LogP contribution in [0.25, 0.3) is 11.3 Å². The first-order valence-corrected chi connectivity index (χ1v) is 10.0. The number of carbonyl (C=O) groups excluding carboxylic acids is 2. The Morgan fingerprint density at radius 1 is 1.29 bits per heavy atom. The molecule has 28 heavy (non-hydrogen) atoms. The van der Waals surface area contributed by atoms with Gasteiger partial charge in [-0.2, -0.15) is 5.10 Å². The molecule has 0 spiro atoms. The molecule has 2 amide bonds. The first-order chi connectivity index (χ1) is 13.2. The van der Waals surface area contributed by atoms with Crippen molar-refractivity contribution in [3.05, 3.63) is 40.5 Å². The van der Waals surface area contributed by atoms with Gasteiger partial charge in [0.25, 0.3) is 5.91 Å². The van der Waals surface area contributed by atoms with E-state index in [1.54, 1.807) is 16.8 Å². The summed E-state index contributed by atoms with van der Waals surface area (Å²) in [6, 6.07) is 7.21. The second kappa shape index (κ2) is 6.92. The summed E-state index contributed by atoms with van der Waals surface area (Å²) in [4.78, 5) is 26.8. The highest BCUT2D eigenvalue weighted by Crippen LogP contribution is 2.46. The Kier molecular flexibility index (Phi) is 4.70. The molecule has 4 rings (SSSR count). The van der Waals surface area contributed by atoms with Crippen molar-refractivity contribution in [3.8, 4) is 11.3 Å². The number of halogens is 1. The average Bonchev–Trinajstić information content (AvgIpc) is 2.99. The van der Waals surface area contributed by atoms with Crippen LogP contribution in [0.3, 0.4) is 0 Å². The zero-order chi connectivity index (χ0) is 20.1. The second-order valence-corrected chi connectivity index (χ2v) is 9.16. The number of fused-ring (bicyclic) bond motifs is 1. The Morgan fingerprint density at radius 3 is 2.68 bits per heavy atom. The number of carbonyl (C=O) groups is 2. The van der Waals surface area contributed by atoms with Crippen molar-refractivity contribution in [2.45, 2.75) is 46.2 Å². The summed E-state index contributed by atoms with van der Waals surface area (Å²) >= 11 is 6.10. The van der Waals surface area contributed by atoms with E-state index in [0.29, 0.717) is 59.4 Å². The van der Waals surface area contributed by atoms with E-state index in [1.807, 2.05) is 17.0 Å². The fourth-order valence-electron chi connectivity index (χ4n) is 4.65. The summed E-state index contributed by atoms with van der Waals surface area (Å²) < 4.78 is 1.80. The maximum atomic E-state index is 12.8. The molecular formula is C21H25ClN4O2. The van der Waals surface area contributed by atoms with Crippen molar-refractivity contribution in [3.63, 3.8) is 0 Å². The number of hydrogen-bond acceptors (Lipinski definition) is 3. The average molecular weight is 401 g/mol. The van der Waals surface area contributed by atoms with Gasteiger partial charge in [-0.25, -0.2) is 0 Å². The van der Waals surface area contributed by atoms with Crippen LogP contribution in [0.5, 0.6) is 0 Å². The maximum Gasteiger partial charge on any atom is 0.252 e. The van der Waals surface area contributed by atoms with E-state index in [2.05, 4.69) is 18.9 Å². The Morgan fingerprint density at radius 2 is 2.04 bits per heavy atom. The fourth-order valence-corrected chi connectivity index (χ4v) is 4.84. The zero-order valence-electron chi connectivity index (χ0n) is 16.2. The molecule has 1 aliphatic heterocycles. The molecule has 0 bridgehead atoms. The number of amides is 2. The van der Waals surface area contributed by atoms with Gasteiger partial charge >= 0.3 is 0 Å². The highest BCUT2D eigenvalue weighted by molar-refractivity contribution is 6.30. The van der Waals surface area contributed by atoms with Crippen LogP contribution in [0.4, 0.5) is 0 Å². The van der Waals surface area contributed by atoms with Gasteiger partial charge in [0.05, 0.1) is 24.3 Å². The highest BCUT2D eigenvalue weighted by Gasteiger charge is 2.38. The van der Waals surface area contributed by atoms with E-state index in [4.69, 9.17) is 17.3 Å². The Labute approximate surface area is 169 Å². The number of nitrogens with two attached hydrogens (primary N) is 1. The summed E-state index contributed by atoms with van der Waals surface area (Å²) in [5, 5.41) is 5.17. The Balaban J connectivity index is 1.58. The normalized spacial score (nSPS) is 18.5. The highest BCUT2D eigenvalue weighted by atomic mass is 35.5. The summed E-state index contributed by atoms with van der Waals surface area (Å²) in [7, 11) is 0. The van der Waals surface area contributed by atoms with Gasteiger partial charge in [-0.3, -0.25) is 14.3 Å². The van der Waals surface area contributed by atoms with Gasteiger partial charge in [0, 0.05) is 23.6 Å². The van der Waals surface area contributed by atoms with Crippen LogP contribution in [-0.2, 0) is 17.9 Å². The van der Waals surface area contributed by atoms with Crippen LogP contribution >= 0.6 is 11.6 Å². The predicted octanol–water partition coefficient (Wildman–Crippen LogP) is 3.47. The lowest BCUT2D eigenvalue weighted by Gasteiger charge is -2.43. The number of hydrogen-bond donors (Lipinski definition) is 1. The molecule has 1 saturated carbocycles. The molecule has 0 atom stereocenters. The topological polar surface area (TPSA) is 81.2 Å². The van der Waals surface area contributed by atoms with Gasteiger partial charge in [-0.1, -0.05) is 37.6 Å². The van der Waals surface area contributed by atoms with Crippen molar-refractivity contribution in [2.75, 3.05) is 6.54 Å². The van der Waals surface area contributed by atoms with Crippen LogP contribution in [0.15, 0.2) is 24.3 Å². The van der Waals surface area contributed by atoms with E-state index in [0.717, 1.165) is 18.4 Å². The predicted molar refractivity (Wildman–Crippen MR) is 108 cm³/mol. The van der Waals surface area contributed by atoms with E-state index >= 15 is 0 Å². The molecule has 7 heteroatoms. The van der Waals surface area contributed by atoms with Crippen molar-refractivity contribution in [1.29, 1.82) is 0 Å². The molecule has 0 radical (unpaired) electrons. The van der Waals surface area contributed by atoms with Gasteiger partial charge in [0.15, 0.2) is 0 Å². The van der Waals surface area contributed by atoms with E-state index < -0.39 is 5.91 Å². The molecule has 2 N–H and O–H groups in total. The minimum absolute atomic E-state index is 0.146. The minimum Gasteiger partial charge on any atom is -0.365 e. The molecule has 2 aromatic rings. The van der Waals surface area contributed by atoms with E-state index in [-0.39, 0.29) is 5.91 Å². The molecule has 2 heterocycles. The van der Waals surface area contributed by atoms with Gasteiger partial charge in [0.2, 0.25) is 5.91 Å². The summed E-state index contributed by atoms with van der Waals surface area (Å²) in [6.45, 7) is 5.99. The molecule has 0 saturated heterocycles. The van der Waals surface area contributed by atoms with E-state index in [1.165, 1.54) is 0 Å². The smallest absolute Gasteiger partial charge is 0.252 e. The van der Waals surface area contributed by atoms with Crippen LogP contribution < -0.4 is 5.73 Å². The van der Waals surface area contributed by atoms with Crippen LogP contribution in [0, 0.1) is 11.3 Å². The largest absolute Gasteiger partial charge is 0.365 e. The van der Waals surface area contributed by atoms with E-state index in [9.17, 15) is 9.59 Å². The van der Waals surface area contributed by atoms with Gasteiger partial charge < -0.3 is 10.6 Å². The number of primary amides is 1. The molecule has 1 aliphatic carbocycles. The summed E-state index contributed by atoms with van der Waals surface area (Å²) in [5.74, 6) is 0.0749. The lowest BCUT2D eigenvalue weighted by atomic mass is 9.63. The maximum absolute atomic E-state index is 12.8.